The van der Waals surface area contributed by atoms with Gasteiger partial charge in [0, 0.05) is 44.1 Å². The summed E-state index contributed by atoms with van der Waals surface area (Å²) in [6.45, 7) is 3.08. The van der Waals surface area contributed by atoms with E-state index in [0.29, 0.717) is 37.7 Å². The molecule has 1 aliphatic rings. The summed E-state index contributed by atoms with van der Waals surface area (Å²) in [7, 11) is 0. The fraction of sp³-hybridized carbons (Fsp3) is 0.389. The summed E-state index contributed by atoms with van der Waals surface area (Å²) in [5, 5.41) is 9.42. The third-order valence-electron chi connectivity index (χ3n) is 4.64. The predicted molar refractivity (Wildman–Crippen MR) is 95.1 cm³/mol. The van der Waals surface area contributed by atoms with Crippen LogP contribution in [-0.4, -0.2) is 51.6 Å². The van der Waals surface area contributed by atoms with E-state index in [0.717, 1.165) is 18.3 Å². The molecule has 28 heavy (non-hydrogen) atoms. The molecule has 2 aromatic rings. The number of rotatable bonds is 3. The minimum atomic E-state index is -4.43. The molecule has 3 heterocycles. The maximum absolute atomic E-state index is 12.6. The van der Waals surface area contributed by atoms with Gasteiger partial charge in [0.05, 0.1) is 5.56 Å². The van der Waals surface area contributed by atoms with Gasteiger partial charge in [-0.25, -0.2) is 4.98 Å². The molecule has 1 amide bonds. The van der Waals surface area contributed by atoms with Crippen molar-refractivity contribution in [1.82, 2.24) is 14.5 Å². The van der Waals surface area contributed by atoms with Gasteiger partial charge in [-0.15, -0.1) is 0 Å². The number of hydrogen-bond acceptors (Lipinski definition) is 5. The lowest BCUT2D eigenvalue weighted by molar-refractivity contribution is -0.138. The first-order valence-corrected chi connectivity index (χ1v) is 8.61. The molecule has 1 saturated heterocycles. The average Bonchev–Trinajstić information content (AvgIpc) is 2.64. The lowest BCUT2D eigenvalue weighted by Crippen LogP contribution is -2.50. The van der Waals surface area contributed by atoms with Crippen molar-refractivity contribution in [2.45, 2.75) is 19.6 Å². The van der Waals surface area contributed by atoms with Crippen LogP contribution >= 0.6 is 0 Å². The van der Waals surface area contributed by atoms with Gasteiger partial charge in [0.1, 0.15) is 18.1 Å². The van der Waals surface area contributed by atoms with Crippen molar-refractivity contribution in [2.24, 2.45) is 0 Å². The number of nitrogens with zero attached hydrogens (tertiary/aromatic N) is 4. The van der Waals surface area contributed by atoms with E-state index >= 15 is 0 Å². The molecule has 1 aliphatic heterocycles. The molecule has 3 rings (SSSR count). The number of carbonyl (C=O) groups excluding carboxylic acids is 1. The molecule has 0 unspecified atom stereocenters. The fourth-order valence-electron chi connectivity index (χ4n) is 3.08. The van der Waals surface area contributed by atoms with E-state index < -0.39 is 17.3 Å². The van der Waals surface area contributed by atoms with Crippen LogP contribution in [0.25, 0.3) is 0 Å². The maximum Gasteiger partial charge on any atom is 0.417 e. The van der Waals surface area contributed by atoms with Crippen molar-refractivity contribution in [2.75, 3.05) is 31.1 Å². The molecule has 10 heteroatoms. The molecule has 1 fully saturated rings. The number of pyridine rings is 2. The smallest absolute Gasteiger partial charge is 0.417 e. The van der Waals surface area contributed by atoms with E-state index in [2.05, 4.69) is 4.98 Å². The first-order chi connectivity index (χ1) is 13.1. The Morgan fingerprint density at radius 1 is 1.18 bits per heavy atom. The summed E-state index contributed by atoms with van der Waals surface area (Å²) >= 11 is 0. The predicted octanol–water partition coefficient (Wildman–Crippen LogP) is 1.62. The highest BCUT2D eigenvalue weighted by molar-refractivity contribution is 5.76. The van der Waals surface area contributed by atoms with E-state index in [1.807, 2.05) is 4.90 Å². The van der Waals surface area contributed by atoms with Crippen LogP contribution in [0, 0.1) is 6.92 Å². The summed E-state index contributed by atoms with van der Waals surface area (Å²) in [6, 6.07) is 4.76. The number of aryl methyl sites for hydroxylation is 1. The molecular formula is C18H19F3N4O3. The zero-order valence-electron chi connectivity index (χ0n) is 15.1. The van der Waals surface area contributed by atoms with Crippen LogP contribution in [0.2, 0.25) is 0 Å². The van der Waals surface area contributed by atoms with Crippen LogP contribution < -0.4 is 10.5 Å². The van der Waals surface area contributed by atoms with E-state index in [9.17, 15) is 27.9 Å². The van der Waals surface area contributed by atoms with Crippen molar-refractivity contribution in [3.63, 3.8) is 0 Å². The zero-order valence-corrected chi connectivity index (χ0v) is 15.1. The highest BCUT2D eigenvalue weighted by atomic mass is 19.4. The largest absolute Gasteiger partial charge is 0.508 e. The molecule has 0 bridgehead atoms. The second-order valence-electron chi connectivity index (χ2n) is 6.55. The van der Waals surface area contributed by atoms with Crippen molar-refractivity contribution < 1.29 is 23.1 Å². The molecule has 0 spiro atoms. The molecule has 0 atom stereocenters. The maximum atomic E-state index is 12.6. The Morgan fingerprint density at radius 2 is 1.86 bits per heavy atom. The van der Waals surface area contributed by atoms with Gasteiger partial charge >= 0.3 is 6.18 Å². The van der Waals surface area contributed by atoms with E-state index in [-0.39, 0.29) is 18.2 Å². The summed E-state index contributed by atoms with van der Waals surface area (Å²) in [5.74, 6) is 0.0328. The molecule has 7 nitrogen and oxygen atoms in total. The quantitative estimate of drug-likeness (QED) is 0.853. The summed E-state index contributed by atoms with van der Waals surface area (Å²) in [5.41, 5.74) is -0.788. The third-order valence-corrected chi connectivity index (χ3v) is 4.64. The molecule has 0 aromatic carbocycles. The van der Waals surface area contributed by atoms with E-state index in [4.69, 9.17) is 0 Å². The van der Waals surface area contributed by atoms with Crippen LogP contribution in [0.4, 0.5) is 19.0 Å². The Hall–Kier alpha value is -3.04. The highest BCUT2D eigenvalue weighted by Gasteiger charge is 2.31. The van der Waals surface area contributed by atoms with Gasteiger partial charge in [-0.05, 0) is 25.1 Å². The number of carbonyl (C=O) groups is 1. The number of halogens is 3. The first kappa shape index (κ1) is 19.7. The van der Waals surface area contributed by atoms with Crippen molar-refractivity contribution in [1.29, 1.82) is 0 Å². The molecule has 1 N–H and O–H groups in total. The number of alkyl halides is 3. The molecule has 0 saturated carbocycles. The van der Waals surface area contributed by atoms with Gasteiger partial charge < -0.3 is 19.5 Å². The number of aromatic hydroxyl groups is 1. The van der Waals surface area contributed by atoms with Crippen molar-refractivity contribution in [3.8, 4) is 5.75 Å². The van der Waals surface area contributed by atoms with E-state index in [1.165, 1.54) is 16.7 Å². The zero-order chi connectivity index (χ0) is 20.5. The summed E-state index contributed by atoms with van der Waals surface area (Å²) < 4.78 is 39.2. The second kappa shape index (κ2) is 7.53. The van der Waals surface area contributed by atoms with Gasteiger partial charge in [0.25, 0.3) is 5.56 Å². The van der Waals surface area contributed by atoms with Crippen LogP contribution in [0.15, 0.2) is 35.3 Å². The van der Waals surface area contributed by atoms with Crippen molar-refractivity contribution >= 4 is 11.7 Å². The molecule has 0 aliphatic carbocycles. The van der Waals surface area contributed by atoms with Crippen LogP contribution in [-0.2, 0) is 17.5 Å². The fourth-order valence-corrected chi connectivity index (χ4v) is 3.08. The molecule has 0 radical (unpaired) electrons. The van der Waals surface area contributed by atoms with Gasteiger partial charge in [-0.2, -0.15) is 13.2 Å². The van der Waals surface area contributed by atoms with Crippen LogP contribution in [0.1, 0.15) is 11.3 Å². The highest BCUT2D eigenvalue weighted by Crippen LogP contribution is 2.29. The number of hydrogen-bond donors (Lipinski definition) is 1. The Labute approximate surface area is 158 Å². The lowest BCUT2D eigenvalue weighted by atomic mass is 10.2. The standard InChI is InChI=1S/C18H19F3N4O3/c1-12-8-14(26)9-16(27)25(12)11-17(28)24-6-4-23(5-7-24)15-3-2-13(10-22-15)18(19,20)21/h2-3,8-10,26H,4-7,11H2,1H3. The second-order valence-corrected chi connectivity index (χ2v) is 6.55. The topological polar surface area (TPSA) is 78.7 Å². The Kier molecular flexibility index (Phi) is 5.30. The minimum Gasteiger partial charge on any atom is -0.508 e. The van der Waals surface area contributed by atoms with Gasteiger partial charge in [0.2, 0.25) is 5.91 Å². The Balaban J connectivity index is 1.61. The number of piperazine rings is 1. The van der Waals surface area contributed by atoms with Gasteiger partial charge in [-0.3, -0.25) is 9.59 Å². The number of anilines is 1. The van der Waals surface area contributed by atoms with Crippen molar-refractivity contribution in [3.05, 3.63) is 52.1 Å². The molecular weight excluding hydrogens is 377 g/mol. The van der Waals surface area contributed by atoms with E-state index in [1.54, 1.807) is 11.8 Å². The number of aromatic nitrogens is 2. The number of amides is 1. The monoisotopic (exact) mass is 396 g/mol. The third kappa shape index (κ3) is 4.26. The van der Waals surface area contributed by atoms with Crippen LogP contribution in [0.5, 0.6) is 5.75 Å². The van der Waals surface area contributed by atoms with Gasteiger partial charge in [0.15, 0.2) is 0 Å². The van der Waals surface area contributed by atoms with Crippen LogP contribution in [0.3, 0.4) is 0 Å². The summed E-state index contributed by atoms with van der Waals surface area (Å²) in [4.78, 5) is 31.7. The SMILES string of the molecule is Cc1cc(O)cc(=O)n1CC(=O)N1CCN(c2ccc(C(F)(F)F)cn2)CC1. The Bertz CT molecular complexity index is 917. The normalized spacial score (nSPS) is 15.0. The molecule has 2 aromatic heterocycles. The molecule has 150 valence electrons. The lowest BCUT2D eigenvalue weighted by Gasteiger charge is -2.35. The average molecular weight is 396 g/mol. The summed E-state index contributed by atoms with van der Waals surface area (Å²) in [6.07, 6.45) is -3.63. The first-order valence-electron chi connectivity index (χ1n) is 8.61. The van der Waals surface area contributed by atoms with Gasteiger partial charge in [-0.1, -0.05) is 0 Å². The minimum absolute atomic E-state index is 0.135. The Morgan fingerprint density at radius 3 is 2.39 bits per heavy atom.